The highest BCUT2D eigenvalue weighted by atomic mass is 32.1. The Balaban J connectivity index is 1.19. The van der Waals surface area contributed by atoms with Gasteiger partial charge in [0.15, 0.2) is 5.13 Å². The molecular weight excluding hydrogens is 402 g/mol. The van der Waals surface area contributed by atoms with Crippen molar-refractivity contribution in [2.75, 3.05) is 18.5 Å². The number of aromatic nitrogens is 1. The summed E-state index contributed by atoms with van der Waals surface area (Å²) in [6.45, 7) is 0.847. The van der Waals surface area contributed by atoms with Crippen molar-refractivity contribution in [3.8, 4) is 17.0 Å². The third-order valence-corrected chi connectivity index (χ3v) is 6.99. The zero-order chi connectivity index (χ0) is 20.7. The van der Waals surface area contributed by atoms with E-state index in [0.717, 1.165) is 49.1 Å². The number of carbonyl (C=O) groups excluding carboxylic acids is 3. The number of anilines is 1. The van der Waals surface area contributed by atoms with Gasteiger partial charge in [-0.3, -0.25) is 19.3 Å². The topological polar surface area (TPSA) is 88.6 Å². The molecule has 5 rings (SSSR count). The standard InChI is InChI=1S/C22H23N3O4S/c26-19(7-9-25-20(27)15-3-1-2-4-16(15)21(25)28)24-22-23-17(12-30-22)13-5-6-18-14(11-13)8-10-29-18/h5-6,11-12,15-16H,1-4,7-10H2,(H,23,24,26). The molecule has 1 saturated heterocycles. The fourth-order valence-corrected chi connectivity index (χ4v) is 5.39. The lowest BCUT2D eigenvalue weighted by molar-refractivity contribution is -0.140. The number of fused-ring (bicyclic) bond motifs is 2. The minimum absolute atomic E-state index is 0.0853. The van der Waals surface area contributed by atoms with Crippen LogP contribution in [0.5, 0.6) is 5.75 Å². The number of likely N-dealkylation sites (tertiary alicyclic amines) is 1. The van der Waals surface area contributed by atoms with E-state index in [9.17, 15) is 14.4 Å². The smallest absolute Gasteiger partial charge is 0.233 e. The van der Waals surface area contributed by atoms with Gasteiger partial charge in [0.05, 0.1) is 24.1 Å². The van der Waals surface area contributed by atoms with Gasteiger partial charge in [-0.05, 0) is 36.6 Å². The highest BCUT2D eigenvalue weighted by molar-refractivity contribution is 7.14. The number of carbonyl (C=O) groups is 3. The molecule has 1 N–H and O–H groups in total. The van der Waals surface area contributed by atoms with Gasteiger partial charge in [-0.1, -0.05) is 12.8 Å². The zero-order valence-electron chi connectivity index (χ0n) is 16.6. The molecule has 3 amide bonds. The highest BCUT2D eigenvalue weighted by Gasteiger charge is 2.47. The number of benzene rings is 1. The Hall–Kier alpha value is -2.74. The van der Waals surface area contributed by atoms with Crippen LogP contribution in [0.25, 0.3) is 11.3 Å². The summed E-state index contributed by atoms with van der Waals surface area (Å²) in [5.74, 6) is 0.133. The van der Waals surface area contributed by atoms with Crippen molar-refractivity contribution in [1.29, 1.82) is 0 Å². The Morgan fingerprint density at radius 3 is 2.73 bits per heavy atom. The predicted molar refractivity (Wildman–Crippen MR) is 112 cm³/mol. The van der Waals surface area contributed by atoms with Crippen LogP contribution in [0.15, 0.2) is 23.6 Å². The van der Waals surface area contributed by atoms with E-state index in [0.29, 0.717) is 11.7 Å². The average molecular weight is 426 g/mol. The Bertz CT molecular complexity index is 994. The molecule has 1 saturated carbocycles. The van der Waals surface area contributed by atoms with Crippen molar-refractivity contribution in [2.45, 2.75) is 38.5 Å². The lowest BCUT2D eigenvalue weighted by Crippen LogP contribution is -2.34. The van der Waals surface area contributed by atoms with Crippen molar-refractivity contribution in [1.82, 2.24) is 9.88 Å². The highest BCUT2D eigenvalue weighted by Crippen LogP contribution is 2.38. The summed E-state index contributed by atoms with van der Waals surface area (Å²) in [6.07, 6.45) is 4.55. The van der Waals surface area contributed by atoms with Crippen LogP contribution >= 0.6 is 11.3 Å². The maximum absolute atomic E-state index is 12.5. The second kappa shape index (κ2) is 7.83. The van der Waals surface area contributed by atoms with Crippen LogP contribution in [0.4, 0.5) is 5.13 Å². The summed E-state index contributed by atoms with van der Waals surface area (Å²) in [6, 6.07) is 6.00. The van der Waals surface area contributed by atoms with Crippen LogP contribution in [0.1, 0.15) is 37.7 Å². The van der Waals surface area contributed by atoms with E-state index in [1.54, 1.807) is 0 Å². The Kier molecular flexibility index (Phi) is 5.02. The van der Waals surface area contributed by atoms with Crippen LogP contribution in [0, 0.1) is 11.8 Å². The van der Waals surface area contributed by atoms with Crippen molar-refractivity contribution < 1.29 is 19.1 Å². The molecule has 1 aromatic heterocycles. The maximum atomic E-state index is 12.5. The Labute approximate surface area is 178 Å². The molecule has 7 nitrogen and oxygen atoms in total. The summed E-state index contributed by atoms with van der Waals surface area (Å²) in [4.78, 5) is 43.2. The molecule has 0 spiro atoms. The summed E-state index contributed by atoms with van der Waals surface area (Å²) >= 11 is 1.36. The zero-order valence-corrected chi connectivity index (χ0v) is 17.4. The fourth-order valence-electron chi connectivity index (χ4n) is 4.66. The number of nitrogens with zero attached hydrogens (tertiary/aromatic N) is 2. The van der Waals surface area contributed by atoms with Crippen molar-refractivity contribution in [2.24, 2.45) is 11.8 Å². The second-order valence-electron chi connectivity index (χ2n) is 8.08. The first-order valence-corrected chi connectivity index (χ1v) is 11.3. The molecule has 0 bridgehead atoms. The molecule has 1 aromatic carbocycles. The largest absolute Gasteiger partial charge is 0.493 e. The van der Waals surface area contributed by atoms with Gasteiger partial charge in [0.25, 0.3) is 0 Å². The van der Waals surface area contributed by atoms with Gasteiger partial charge in [0.2, 0.25) is 17.7 Å². The second-order valence-corrected chi connectivity index (χ2v) is 8.94. The molecule has 2 atom stereocenters. The van der Waals surface area contributed by atoms with E-state index < -0.39 is 0 Å². The molecule has 0 radical (unpaired) electrons. The SMILES string of the molecule is O=C(CCN1C(=O)C2CCCCC2C1=O)Nc1nc(-c2ccc3c(c2)CCO3)cs1. The van der Waals surface area contributed by atoms with E-state index >= 15 is 0 Å². The minimum atomic E-state index is -0.242. The van der Waals surface area contributed by atoms with Gasteiger partial charge in [-0.15, -0.1) is 11.3 Å². The Morgan fingerprint density at radius 1 is 1.20 bits per heavy atom. The molecule has 156 valence electrons. The van der Waals surface area contributed by atoms with E-state index in [-0.39, 0.29) is 42.5 Å². The first-order chi connectivity index (χ1) is 14.6. The normalized spacial score (nSPS) is 22.6. The number of imide groups is 1. The van der Waals surface area contributed by atoms with Gasteiger partial charge in [-0.2, -0.15) is 0 Å². The van der Waals surface area contributed by atoms with Crippen LogP contribution in [-0.4, -0.2) is 40.8 Å². The fraction of sp³-hybridized carbons (Fsp3) is 0.455. The molecule has 1 aliphatic carbocycles. The molecule has 3 aliphatic rings. The number of hydrogen-bond donors (Lipinski definition) is 1. The van der Waals surface area contributed by atoms with Gasteiger partial charge in [0, 0.05) is 30.3 Å². The number of rotatable bonds is 5. The lowest BCUT2D eigenvalue weighted by atomic mass is 9.81. The van der Waals surface area contributed by atoms with Gasteiger partial charge in [-0.25, -0.2) is 4.98 Å². The maximum Gasteiger partial charge on any atom is 0.233 e. The third kappa shape index (κ3) is 3.49. The average Bonchev–Trinajstić information content (AvgIpc) is 3.46. The van der Waals surface area contributed by atoms with Crippen molar-refractivity contribution in [3.05, 3.63) is 29.1 Å². The van der Waals surface area contributed by atoms with E-state index in [4.69, 9.17) is 4.74 Å². The predicted octanol–water partition coefficient (Wildman–Crippen LogP) is 3.25. The van der Waals surface area contributed by atoms with Crippen LogP contribution in [0.2, 0.25) is 0 Å². The van der Waals surface area contributed by atoms with Crippen LogP contribution < -0.4 is 10.1 Å². The number of thiazole rings is 1. The molecular formula is C22H23N3O4S. The number of hydrogen-bond acceptors (Lipinski definition) is 6. The molecule has 8 heteroatoms. The number of ether oxygens (including phenoxy) is 1. The van der Waals surface area contributed by atoms with Crippen LogP contribution in [-0.2, 0) is 20.8 Å². The van der Waals surface area contributed by atoms with Gasteiger partial charge in [0.1, 0.15) is 5.75 Å². The van der Waals surface area contributed by atoms with E-state index in [1.165, 1.54) is 21.8 Å². The molecule has 2 aliphatic heterocycles. The summed E-state index contributed by atoms with van der Waals surface area (Å²) in [5, 5.41) is 5.22. The first-order valence-electron chi connectivity index (χ1n) is 10.5. The molecule has 2 fully saturated rings. The summed E-state index contributed by atoms with van der Waals surface area (Å²) < 4.78 is 5.54. The summed E-state index contributed by atoms with van der Waals surface area (Å²) in [5.41, 5.74) is 2.97. The van der Waals surface area contributed by atoms with Crippen LogP contribution in [0.3, 0.4) is 0 Å². The van der Waals surface area contributed by atoms with E-state index in [1.807, 2.05) is 17.5 Å². The van der Waals surface area contributed by atoms with Gasteiger partial charge < -0.3 is 10.1 Å². The first kappa shape index (κ1) is 19.2. The third-order valence-electron chi connectivity index (χ3n) is 6.23. The molecule has 30 heavy (non-hydrogen) atoms. The quantitative estimate of drug-likeness (QED) is 0.743. The number of amides is 3. The molecule has 2 unspecified atom stereocenters. The summed E-state index contributed by atoms with van der Waals surface area (Å²) in [7, 11) is 0. The van der Waals surface area contributed by atoms with Crippen molar-refractivity contribution in [3.63, 3.8) is 0 Å². The lowest BCUT2D eigenvalue weighted by Gasteiger charge is -2.19. The van der Waals surface area contributed by atoms with Gasteiger partial charge >= 0.3 is 0 Å². The minimum Gasteiger partial charge on any atom is -0.493 e. The monoisotopic (exact) mass is 425 g/mol. The van der Waals surface area contributed by atoms with Crippen molar-refractivity contribution >= 4 is 34.2 Å². The molecule has 2 aromatic rings. The number of nitrogens with one attached hydrogen (secondary N) is 1. The van der Waals surface area contributed by atoms with E-state index in [2.05, 4.69) is 16.4 Å². The molecule has 3 heterocycles. The Morgan fingerprint density at radius 2 is 1.97 bits per heavy atom.